The van der Waals surface area contributed by atoms with Crippen molar-refractivity contribution in [1.82, 2.24) is 0 Å². The van der Waals surface area contributed by atoms with Crippen LogP contribution < -0.4 is 4.74 Å². The Morgan fingerprint density at radius 3 is 2.76 bits per heavy atom. The molecule has 0 bridgehead atoms. The Kier molecular flexibility index (Phi) is 6.55. The van der Waals surface area contributed by atoms with Gasteiger partial charge in [0, 0.05) is 6.42 Å². The quantitative estimate of drug-likeness (QED) is 0.644. The highest BCUT2D eigenvalue weighted by molar-refractivity contribution is 5.26. The van der Waals surface area contributed by atoms with E-state index in [2.05, 4.69) is 11.8 Å². The molecule has 114 valence electrons. The van der Waals surface area contributed by atoms with E-state index in [-0.39, 0.29) is 18.8 Å². The second kappa shape index (κ2) is 8.68. The molecule has 1 fully saturated rings. The largest absolute Gasteiger partial charge is 0.497 e. The standard InChI is InChI=1S/C17H22O4/c1-19-15-7-5-14(6-8-15)13-20-11-3-2-4-16-9-10-17(12-18)21-16/h5-8,16-18H,3,9-13H2,1H3. The van der Waals surface area contributed by atoms with Crippen LogP contribution in [0.4, 0.5) is 0 Å². The maximum Gasteiger partial charge on any atom is 0.118 e. The number of benzene rings is 1. The topological polar surface area (TPSA) is 47.9 Å². The lowest BCUT2D eigenvalue weighted by Crippen LogP contribution is -2.13. The van der Waals surface area contributed by atoms with E-state index in [1.807, 2.05) is 24.3 Å². The van der Waals surface area contributed by atoms with Crippen molar-refractivity contribution in [2.24, 2.45) is 0 Å². The number of rotatable bonds is 6. The Hall–Kier alpha value is -1.54. The van der Waals surface area contributed by atoms with Crippen LogP contribution in [0.25, 0.3) is 0 Å². The fourth-order valence-electron chi connectivity index (χ4n) is 2.17. The highest BCUT2D eigenvalue weighted by Crippen LogP contribution is 2.18. The molecule has 4 heteroatoms. The molecule has 0 spiro atoms. The second-order valence-electron chi connectivity index (χ2n) is 4.98. The zero-order valence-corrected chi connectivity index (χ0v) is 12.4. The summed E-state index contributed by atoms with van der Waals surface area (Å²) in [5.41, 5.74) is 1.12. The number of hydrogen-bond donors (Lipinski definition) is 1. The van der Waals surface area contributed by atoms with E-state index >= 15 is 0 Å². The summed E-state index contributed by atoms with van der Waals surface area (Å²) in [6, 6.07) is 7.83. The average molecular weight is 290 g/mol. The van der Waals surface area contributed by atoms with E-state index < -0.39 is 0 Å². The minimum absolute atomic E-state index is 0.0243. The summed E-state index contributed by atoms with van der Waals surface area (Å²) in [6.07, 6.45) is 2.44. The number of aliphatic hydroxyl groups is 1. The van der Waals surface area contributed by atoms with E-state index in [0.717, 1.165) is 24.2 Å². The Balaban J connectivity index is 1.60. The van der Waals surface area contributed by atoms with E-state index in [4.69, 9.17) is 19.3 Å². The van der Waals surface area contributed by atoms with Crippen LogP contribution in [0.15, 0.2) is 24.3 Å². The summed E-state index contributed by atoms with van der Waals surface area (Å²) in [5, 5.41) is 8.97. The lowest BCUT2D eigenvalue weighted by Gasteiger charge is -2.05. The van der Waals surface area contributed by atoms with Crippen LogP contribution in [0.5, 0.6) is 5.75 Å². The van der Waals surface area contributed by atoms with Gasteiger partial charge in [-0.2, -0.15) is 0 Å². The van der Waals surface area contributed by atoms with Gasteiger partial charge in [0.25, 0.3) is 0 Å². The highest BCUT2D eigenvalue weighted by Gasteiger charge is 2.22. The molecular formula is C17H22O4. The number of hydrogen-bond acceptors (Lipinski definition) is 4. The molecule has 1 aromatic carbocycles. The first-order valence-corrected chi connectivity index (χ1v) is 7.27. The monoisotopic (exact) mass is 290 g/mol. The molecule has 1 aliphatic heterocycles. The molecule has 1 aromatic rings. The predicted octanol–water partition coefficient (Wildman–Crippen LogP) is 2.15. The predicted molar refractivity (Wildman–Crippen MR) is 80.0 cm³/mol. The maximum absolute atomic E-state index is 8.97. The lowest BCUT2D eigenvalue weighted by molar-refractivity contribution is 0.0345. The van der Waals surface area contributed by atoms with Crippen LogP contribution in [0.1, 0.15) is 24.8 Å². The minimum Gasteiger partial charge on any atom is -0.497 e. The molecule has 0 aromatic heterocycles. The van der Waals surface area contributed by atoms with Crippen LogP contribution in [0.2, 0.25) is 0 Å². The van der Waals surface area contributed by atoms with Crippen molar-refractivity contribution in [3.63, 3.8) is 0 Å². The Morgan fingerprint density at radius 2 is 2.10 bits per heavy atom. The van der Waals surface area contributed by atoms with Crippen molar-refractivity contribution >= 4 is 0 Å². The molecule has 0 aliphatic carbocycles. The van der Waals surface area contributed by atoms with Crippen molar-refractivity contribution < 1.29 is 19.3 Å². The number of ether oxygens (including phenoxy) is 3. The third-order valence-corrected chi connectivity index (χ3v) is 3.37. The molecule has 1 aliphatic rings. The first kappa shape index (κ1) is 15.8. The molecule has 2 rings (SSSR count). The van der Waals surface area contributed by atoms with E-state index in [9.17, 15) is 0 Å². The van der Waals surface area contributed by atoms with Gasteiger partial charge in [-0.3, -0.25) is 0 Å². The molecule has 1 heterocycles. The molecular weight excluding hydrogens is 268 g/mol. The smallest absolute Gasteiger partial charge is 0.118 e. The summed E-state index contributed by atoms with van der Waals surface area (Å²) < 4.78 is 16.2. The van der Waals surface area contributed by atoms with Crippen LogP contribution >= 0.6 is 0 Å². The summed E-state index contributed by atoms with van der Waals surface area (Å²) in [5.74, 6) is 7.00. The highest BCUT2D eigenvalue weighted by atomic mass is 16.5. The molecule has 2 unspecified atom stereocenters. The van der Waals surface area contributed by atoms with Gasteiger partial charge in [-0.1, -0.05) is 24.0 Å². The van der Waals surface area contributed by atoms with Gasteiger partial charge in [-0.25, -0.2) is 0 Å². The normalized spacial score (nSPS) is 20.9. The first-order valence-electron chi connectivity index (χ1n) is 7.27. The molecule has 0 radical (unpaired) electrons. The molecule has 2 atom stereocenters. The van der Waals surface area contributed by atoms with E-state index in [1.54, 1.807) is 7.11 Å². The van der Waals surface area contributed by atoms with Crippen LogP contribution in [0.3, 0.4) is 0 Å². The van der Waals surface area contributed by atoms with Crippen molar-refractivity contribution in [2.75, 3.05) is 20.3 Å². The first-order chi connectivity index (χ1) is 10.3. The van der Waals surface area contributed by atoms with Gasteiger partial charge in [-0.05, 0) is 30.5 Å². The van der Waals surface area contributed by atoms with Gasteiger partial charge < -0.3 is 19.3 Å². The van der Waals surface area contributed by atoms with Gasteiger partial charge in [0.1, 0.15) is 11.9 Å². The lowest BCUT2D eigenvalue weighted by atomic mass is 10.2. The van der Waals surface area contributed by atoms with Gasteiger partial charge in [0.2, 0.25) is 0 Å². The van der Waals surface area contributed by atoms with Crippen LogP contribution in [-0.2, 0) is 16.1 Å². The maximum atomic E-state index is 8.97. The second-order valence-corrected chi connectivity index (χ2v) is 4.98. The number of methoxy groups -OCH3 is 1. The average Bonchev–Trinajstić information content (AvgIpc) is 2.99. The summed E-state index contributed by atoms with van der Waals surface area (Å²) in [7, 11) is 1.65. The van der Waals surface area contributed by atoms with E-state index in [1.165, 1.54) is 0 Å². The van der Waals surface area contributed by atoms with Gasteiger partial charge in [0.05, 0.1) is 33.0 Å². The van der Waals surface area contributed by atoms with Gasteiger partial charge in [0.15, 0.2) is 0 Å². The Morgan fingerprint density at radius 1 is 1.29 bits per heavy atom. The zero-order chi connectivity index (χ0) is 14.9. The fraction of sp³-hybridized carbons (Fsp3) is 0.529. The Bertz CT molecular complexity index is 472. The Labute approximate surface area is 126 Å². The summed E-state index contributed by atoms with van der Waals surface area (Å²) in [6.45, 7) is 1.27. The minimum atomic E-state index is -0.0318. The molecule has 4 nitrogen and oxygen atoms in total. The van der Waals surface area contributed by atoms with Gasteiger partial charge >= 0.3 is 0 Å². The fourth-order valence-corrected chi connectivity index (χ4v) is 2.17. The molecule has 0 saturated carbocycles. The number of aliphatic hydroxyl groups excluding tert-OH is 1. The molecule has 0 amide bonds. The zero-order valence-electron chi connectivity index (χ0n) is 12.4. The summed E-state index contributed by atoms with van der Waals surface area (Å²) >= 11 is 0. The van der Waals surface area contributed by atoms with Crippen molar-refractivity contribution in [3.8, 4) is 17.6 Å². The molecule has 1 N–H and O–H groups in total. The molecule has 21 heavy (non-hydrogen) atoms. The van der Waals surface area contributed by atoms with Gasteiger partial charge in [-0.15, -0.1) is 0 Å². The van der Waals surface area contributed by atoms with E-state index in [0.29, 0.717) is 19.6 Å². The van der Waals surface area contributed by atoms with Crippen LogP contribution in [0, 0.1) is 11.8 Å². The van der Waals surface area contributed by atoms with Crippen LogP contribution in [-0.4, -0.2) is 37.6 Å². The van der Waals surface area contributed by atoms with Crippen molar-refractivity contribution in [3.05, 3.63) is 29.8 Å². The summed E-state index contributed by atoms with van der Waals surface area (Å²) in [4.78, 5) is 0. The van der Waals surface area contributed by atoms with Crippen molar-refractivity contribution in [1.29, 1.82) is 0 Å². The third-order valence-electron chi connectivity index (χ3n) is 3.37. The molecule has 1 saturated heterocycles. The SMILES string of the molecule is COc1ccc(COCCC#CC2CCC(CO)O2)cc1. The van der Waals surface area contributed by atoms with Crippen molar-refractivity contribution in [2.45, 2.75) is 38.1 Å². The third kappa shape index (κ3) is 5.39.